The molecule has 2 aromatic carbocycles. The molecule has 3 atom stereocenters. The van der Waals surface area contributed by atoms with Gasteiger partial charge in [-0.2, -0.15) is 0 Å². The number of rotatable bonds is 10. The minimum absolute atomic E-state index is 0.0153. The average molecular weight is 426 g/mol. The zero-order valence-electron chi connectivity index (χ0n) is 18.5. The summed E-state index contributed by atoms with van der Waals surface area (Å²) in [6.45, 7) is 2.92. The van der Waals surface area contributed by atoms with Crippen molar-refractivity contribution < 1.29 is 19.4 Å². The molecule has 1 saturated heterocycles. The highest BCUT2D eigenvalue weighted by Gasteiger charge is 2.36. The Hall–Kier alpha value is -2.37. The minimum Gasteiger partial charge on any atom is -0.445 e. The number of likely N-dealkylation sites (tertiary alicyclic amines) is 1. The summed E-state index contributed by atoms with van der Waals surface area (Å²) in [7, 11) is 0. The predicted octanol–water partition coefficient (Wildman–Crippen LogP) is 5.31. The van der Waals surface area contributed by atoms with E-state index in [2.05, 4.69) is 19.1 Å². The normalized spacial score (nSPS) is 19.7. The third-order valence-corrected chi connectivity index (χ3v) is 5.96. The third-order valence-electron chi connectivity index (χ3n) is 5.96. The Balaban J connectivity index is 1.64. The zero-order valence-corrected chi connectivity index (χ0v) is 18.5. The van der Waals surface area contributed by atoms with Crippen molar-refractivity contribution in [3.05, 3.63) is 71.8 Å². The summed E-state index contributed by atoms with van der Waals surface area (Å²) in [5.74, 6) is 0. The lowest BCUT2D eigenvalue weighted by molar-refractivity contribution is -0.0193. The van der Waals surface area contributed by atoms with Gasteiger partial charge in [0.1, 0.15) is 6.61 Å². The molecule has 1 amide bonds. The number of hydrogen-bond acceptors (Lipinski definition) is 4. The number of aliphatic hydroxyl groups is 1. The molecule has 1 N–H and O–H groups in total. The van der Waals surface area contributed by atoms with Gasteiger partial charge in [-0.15, -0.1) is 0 Å². The van der Waals surface area contributed by atoms with Gasteiger partial charge in [-0.05, 0) is 43.2 Å². The molecule has 0 aromatic heterocycles. The molecule has 1 fully saturated rings. The first-order valence-electron chi connectivity index (χ1n) is 11.5. The summed E-state index contributed by atoms with van der Waals surface area (Å²) >= 11 is 0. The van der Waals surface area contributed by atoms with Crippen molar-refractivity contribution in [1.82, 2.24) is 4.90 Å². The first kappa shape index (κ1) is 23.3. The number of aliphatic hydroxyl groups excluding tert-OH is 1. The van der Waals surface area contributed by atoms with Gasteiger partial charge >= 0.3 is 6.09 Å². The average Bonchev–Trinajstić information content (AvgIpc) is 2.82. The van der Waals surface area contributed by atoms with Gasteiger partial charge in [0.15, 0.2) is 0 Å². The van der Waals surface area contributed by atoms with Crippen LogP contribution in [0, 0.1) is 0 Å². The highest BCUT2D eigenvalue weighted by molar-refractivity contribution is 5.68. The van der Waals surface area contributed by atoms with Gasteiger partial charge in [0.2, 0.25) is 0 Å². The molecule has 5 nitrogen and oxygen atoms in total. The fraction of sp³-hybridized carbons (Fsp3) is 0.500. The maximum absolute atomic E-state index is 13.0. The Bertz CT molecular complexity index is 767. The van der Waals surface area contributed by atoms with Crippen LogP contribution in [0.4, 0.5) is 4.79 Å². The number of nitrogens with zero attached hydrogens (tertiary/aromatic N) is 1. The van der Waals surface area contributed by atoms with Crippen molar-refractivity contribution in [1.29, 1.82) is 0 Å². The van der Waals surface area contributed by atoms with E-state index in [0.717, 1.165) is 49.7 Å². The number of benzene rings is 2. The van der Waals surface area contributed by atoms with Crippen LogP contribution in [0.2, 0.25) is 0 Å². The Labute approximate surface area is 186 Å². The standard InChI is InChI=1S/C26H35NO4/c1-2-10-25(30-19-21-11-5-3-6-12-21)17-23-15-9-16-24(18-28)27(23)26(29)31-20-22-13-7-4-8-14-22/h3-8,11-14,23-25,28H,2,9-10,15-20H2,1H3/t23-,24-,25+/m0/s1. The molecule has 1 heterocycles. The summed E-state index contributed by atoms with van der Waals surface area (Å²) in [4.78, 5) is 14.8. The number of carbonyl (C=O) groups is 1. The van der Waals surface area contributed by atoms with Crippen LogP contribution in [0.15, 0.2) is 60.7 Å². The highest BCUT2D eigenvalue weighted by atomic mass is 16.6. The molecule has 1 aliphatic rings. The minimum atomic E-state index is -0.342. The molecule has 0 saturated carbocycles. The van der Waals surface area contributed by atoms with Gasteiger partial charge in [0.05, 0.1) is 25.4 Å². The Morgan fingerprint density at radius 2 is 1.61 bits per heavy atom. The maximum atomic E-state index is 13.0. The number of hydrogen-bond donors (Lipinski definition) is 1. The zero-order chi connectivity index (χ0) is 21.9. The molecule has 0 spiro atoms. The van der Waals surface area contributed by atoms with Crippen LogP contribution in [0.5, 0.6) is 0 Å². The van der Waals surface area contributed by atoms with Gasteiger partial charge < -0.3 is 14.6 Å². The molecule has 0 unspecified atom stereocenters. The van der Waals surface area contributed by atoms with E-state index in [-0.39, 0.29) is 37.5 Å². The summed E-state index contributed by atoms with van der Waals surface area (Å²) in [6, 6.07) is 19.7. The van der Waals surface area contributed by atoms with Crippen LogP contribution in [-0.2, 0) is 22.7 Å². The van der Waals surface area contributed by atoms with E-state index in [1.165, 1.54) is 0 Å². The maximum Gasteiger partial charge on any atom is 0.410 e. The van der Waals surface area contributed by atoms with Gasteiger partial charge in [0, 0.05) is 6.04 Å². The summed E-state index contributed by atoms with van der Waals surface area (Å²) < 4.78 is 11.9. The van der Waals surface area contributed by atoms with Crippen LogP contribution < -0.4 is 0 Å². The molecule has 0 radical (unpaired) electrons. The van der Waals surface area contributed by atoms with Gasteiger partial charge in [-0.1, -0.05) is 74.0 Å². The molecule has 0 aliphatic carbocycles. The predicted molar refractivity (Wildman–Crippen MR) is 122 cm³/mol. The first-order chi connectivity index (χ1) is 15.2. The van der Waals surface area contributed by atoms with E-state index in [1.807, 2.05) is 48.5 Å². The molecule has 2 aromatic rings. The second kappa shape index (κ2) is 12.5. The second-order valence-corrected chi connectivity index (χ2v) is 8.31. The lowest BCUT2D eigenvalue weighted by Gasteiger charge is -2.42. The largest absolute Gasteiger partial charge is 0.445 e. The van der Waals surface area contributed by atoms with Crippen LogP contribution in [0.25, 0.3) is 0 Å². The summed E-state index contributed by atoms with van der Waals surface area (Å²) in [5, 5.41) is 9.92. The van der Waals surface area contributed by atoms with Crippen molar-refractivity contribution in [3.63, 3.8) is 0 Å². The van der Waals surface area contributed by atoms with Gasteiger partial charge in [-0.3, -0.25) is 4.90 Å². The van der Waals surface area contributed by atoms with E-state index >= 15 is 0 Å². The molecular weight excluding hydrogens is 390 g/mol. The number of amides is 1. The quantitative estimate of drug-likeness (QED) is 0.560. The molecule has 31 heavy (non-hydrogen) atoms. The highest BCUT2D eigenvalue weighted by Crippen LogP contribution is 2.29. The van der Waals surface area contributed by atoms with Crippen LogP contribution in [-0.4, -0.2) is 40.9 Å². The molecular formula is C26H35NO4. The Morgan fingerprint density at radius 1 is 1.00 bits per heavy atom. The lowest BCUT2D eigenvalue weighted by atomic mass is 9.91. The first-order valence-corrected chi connectivity index (χ1v) is 11.5. The van der Waals surface area contributed by atoms with Crippen molar-refractivity contribution in [3.8, 4) is 0 Å². The Morgan fingerprint density at radius 3 is 2.23 bits per heavy atom. The van der Waals surface area contributed by atoms with E-state index in [0.29, 0.717) is 6.61 Å². The fourth-order valence-electron chi connectivity index (χ4n) is 4.35. The molecule has 0 bridgehead atoms. The second-order valence-electron chi connectivity index (χ2n) is 8.31. The molecule has 168 valence electrons. The van der Waals surface area contributed by atoms with Crippen LogP contribution >= 0.6 is 0 Å². The van der Waals surface area contributed by atoms with Gasteiger partial charge in [0.25, 0.3) is 0 Å². The number of carbonyl (C=O) groups excluding carboxylic acids is 1. The number of piperidine rings is 1. The van der Waals surface area contributed by atoms with Crippen LogP contribution in [0.1, 0.15) is 56.6 Å². The number of ether oxygens (including phenoxy) is 2. The third kappa shape index (κ3) is 7.08. The molecule has 3 rings (SSSR count). The van der Waals surface area contributed by atoms with Gasteiger partial charge in [-0.25, -0.2) is 4.79 Å². The summed E-state index contributed by atoms with van der Waals surface area (Å²) in [5.41, 5.74) is 2.11. The molecule has 5 heteroatoms. The topological polar surface area (TPSA) is 59.0 Å². The van der Waals surface area contributed by atoms with E-state index in [1.54, 1.807) is 4.90 Å². The lowest BCUT2D eigenvalue weighted by Crippen LogP contribution is -2.52. The van der Waals surface area contributed by atoms with Crippen molar-refractivity contribution in [2.24, 2.45) is 0 Å². The van der Waals surface area contributed by atoms with Crippen molar-refractivity contribution in [2.45, 2.75) is 76.9 Å². The summed E-state index contributed by atoms with van der Waals surface area (Å²) in [6.07, 6.45) is 5.16. The molecule has 1 aliphatic heterocycles. The fourth-order valence-corrected chi connectivity index (χ4v) is 4.35. The van der Waals surface area contributed by atoms with Crippen molar-refractivity contribution in [2.75, 3.05) is 6.61 Å². The van der Waals surface area contributed by atoms with Crippen molar-refractivity contribution >= 4 is 6.09 Å². The van der Waals surface area contributed by atoms with E-state index < -0.39 is 0 Å². The Kier molecular flexibility index (Phi) is 9.38. The van der Waals surface area contributed by atoms with E-state index in [9.17, 15) is 9.90 Å². The van der Waals surface area contributed by atoms with E-state index in [4.69, 9.17) is 9.47 Å². The smallest absolute Gasteiger partial charge is 0.410 e. The SMILES string of the molecule is CCC[C@H](C[C@@H]1CCC[C@@H](CO)N1C(=O)OCc1ccccc1)OCc1ccccc1. The van der Waals surface area contributed by atoms with Crippen LogP contribution in [0.3, 0.4) is 0 Å². The monoisotopic (exact) mass is 425 g/mol.